The van der Waals surface area contributed by atoms with Crippen LogP contribution in [-0.2, 0) is 4.57 Å². The van der Waals surface area contributed by atoms with Crippen molar-refractivity contribution in [3.05, 3.63) is 35.9 Å². The maximum Gasteiger partial charge on any atom is 0.207 e. The maximum absolute atomic E-state index is 11.9. The van der Waals surface area contributed by atoms with E-state index in [1.807, 2.05) is 37.3 Å². The van der Waals surface area contributed by atoms with E-state index in [1.165, 1.54) is 0 Å². The average Bonchev–Trinajstić information content (AvgIpc) is 2.20. The van der Waals surface area contributed by atoms with E-state index in [4.69, 9.17) is 0 Å². The lowest BCUT2D eigenvalue weighted by molar-refractivity contribution is 0.463. The van der Waals surface area contributed by atoms with E-state index >= 15 is 0 Å². The maximum atomic E-state index is 11.9. The fraction of sp³-hybridized carbons (Fsp3) is 0.455. The van der Waals surface area contributed by atoms with Gasteiger partial charge in [-0.3, -0.25) is 4.57 Å². The molecule has 0 saturated heterocycles. The van der Waals surface area contributed by atoms with Crippen LogP contribution in [-0.4, -0.2) is 11.1 Å². The summed E-state index contributed by atoms with van der Waals surface area (Å²) < 4.78 is 11.9. The topological polar surface area (TPSA) is 37.3 Å². The van der Waals surface area contributed by atoms with Gasteiger partial charge in [0.25, 0.3) is 0 Å². The van der Waals surface area contributed by atoms with Gasteiger partial charge in [-0.05, 0) is 12.0 Å². The molecule has 0 aliphatic rings. The van der Waals surface area contributed by atoms with Crippen molar-refractivity contribution < 1.29 is 9.46 Å². The molecule has 1 aromatic carbocycles. The summed E-state index contributed by atoms with van der Waals surface area (Å²) in [4.78, 5) is 9.79. The molecule has 14 heavy (non-hydrogen) atoms. The van der Waals surface area contributed by atoms with Gasteiger partial charge in [0, 0.05) is 6.16 Å². The van der Waals surface area contributed by atoms with Gasteiger partial charge in [0.1, 0.15) is 0 Å². The molecule has 0 bridgehead atoms. The zero-order valence-electron chi connectivity index (χ0n) is 8.68. The van der Waals surface area contributed by atoms with Crippen molar-refractivity contribution in [2.75, 3.05) is 6.16 Å². The SMILES string of the molecule is CCC(c1ccccc1)P(=O)(O)CC. The molecule has 0 fully saturated rings. The minimum absolute atomic E-state index is 0.200. The molecule has 0 heterocycles. The molecule has 1 aromatic rings. The van der Waals surface area contributed by atoms with Crippen molar-refractivity contribution in [2.45, 2.75) is 25.9 Å². The van der Waals surface area contributed by atoms with Crippen LogP contribution in [0.3, 0.4) is 0 Å². The predicted molar refractivity (Wildman–Crippen MR) is 59.8 cm³/mol. The third kappa shape index (κ3) is 2.46. The van der Waals surface area contributed by atoms with E-state index < -0.39 is 7.37 Å². The Morgan fingerprint density at radius 1 is 1.29 bits per heavy atom. The molecule has 2 unspecified atom stereocenters. The predicted octanol–water partition coefficient (Wildman–Crippen LogP) is 3.43. The summed E-state index contributed by atoms with van der Waals surface area (Å²) in [7, 11) is -3.01. The zero-order valence-corrected chi connectivity index (χ0v) is 9.58. The molecule has 0 aliphatic carbocycles. The van der Waals surface area contributed by atoms with Crippen LogP contribution < -0.4 is 0 Å². The van der Waals surface area contributed by atoms with Crippen molar-refractivity contribution in [3.63, 3.8) is 0 Å². The van der Waals surface area contributed by atoms with E-state index in [2.05, 4.69) is 0 Å². The van der Waals surface area contributed by atoms with Crippen LogP contribution >= 0.6 is 7.37 Å². The fourth-order valence-electron chi connectivity index (χ4n) is 1.65. The molecule has 0 aliphatic heterocycles. The van der Waals surface area contributed by atoms with Gasteiger partial charge in [-0.2, -0.15) is 0 Å². The van der Waals surface area contributed by atoms with Gasteiger partial charge < -0.3 is 4.89 Å². The number of benzene rings is 1. The van der Waals surface area contributed by atoms with Crippen LogP contribution in [0.25, 0.3) is 0 Å². The van der Waals surface area contributed by atoms with Gasteiger partial charge in [0.2, 0.25) is 7.37 Å². The Morgan fingerprint density at radius 3 is 2.29 bits per heavy atom. The van der Waals surface area contributed by atoms with E-state index in [0.29, 0.717) is 12.6 Å². The zero-order chi connectivity index (χ0) is 10.6. The molecule has 78 valence electrons. The summed E-state index contributed by atoms with van der Waals surface area (Å²) in [6, 6.07) is 9.59. The Balaban J connectivity index is 3.00. The molecule has 1 rings (SSSR count). The van der Waals surface area contributed by atoms with Crippen LogP contribution in [0.5, 0.6) is 0 Å². The first-order valence-electron chi connectivity index (χ1n) is 4.98. The Kier molecular flexibility index (Phi) is 3.91. The molecule has 2 nitrogen and oxygen atoms in total. The normalized spacial score (nSPS) is 17.4. The fourth-order valence-corrected chi connectivity index (χ4v) is 3.30. The molecule has 0 aromatic heterocycles. The van der Waals surface area contributed by atoms with Crippen LogP contribution in [0.1, 0.15) is 31.5 Å². The quantitative estimate of drug-likeness (QED) is 0.776. The minimum Gasteiger partial charge on any atom is -0.344 e. The van der Waals surface area contributed by atoms with Crippen LogP contribution in [0.4, 0.5) is 0 Å². The second kappa shape index (κ2) is 4.77. The van der Waals surface area contributed by atoms with Crippen LogP contribution in [0.15, 0.2) is 30.3 Å². The van der Waals surface area contributed by atoms with Gasteiger partial charge in [-0.1, -0.05) is 44.2 Å². The average molecular weight is 212 g/mol. The van der Waals surface area contributed by atoms with Gasteiger partial charge in [0.15, 0.2) is 0 Å². The molecule has 0 radical (unpaired) electrons. The van der Waals surface area contributed by atoms with Crippen LogP contribution in [0, 0.1) is 0 Å². The highest BCUT2D eigenvalue weighted by atomic mass is 31.2. The second-order valence-electron chi connectivity index (χ2n) is 3.41. The summed E-state index contributed by atoms with van der Waals surface area (Å²) in [6.07, 6.45) is 1.06. The number of hydrogen-bond acceptors (Lipinski definition) is 1. The largest absolute Gasteiger partial charge is 0.344 e. The van der Waals surface area contributed by atoms with Gasteiger partial charge in [0.05, 0.1) is 5.66 Å². The molecular weight excluding hydrogens is 195 g/mol. The third-order valence-corrected chi connectivity index (χ3v) is 5.05. The summed E-state index contributed by atoms with van der Waals surface area (Å²) in [6.45, 7) is 3.72. The standard InChI is InChI=1S/C11H17O2P/c1-3-11(14(12,13)4-2)10-8-6-5-7-9-10/h5-9,11H,3-4H2,1-2H3,(H,12,13). The highest BCUT2D eigenvalue weighted by molar-refractivity contribution is 7.58. The molecule has 0 amide bonds. The summed E-state index contributed by atoms with van der Waals surface area (Å²) >= 11 is 0. The first kappa shape index (κ1) is 11.5. The third-order valence-electron chi connectivity index (χ3n) is 2.51. The Morgan fingerprint density at radius 2 is 1.86 bits per heavy atom. The summed E-state index contributed by atoms with van der Waals surface area (Å²) in [5.74, 6) is 0. The smallest absolute Gasteiger partial charge is 0.207 e. The monoisotopic (exact) mass is 212 g/mol. The molecule has 2 atom stereocenters. The molecule has 1 N–H and O–H groups in total. The highest BCUT2D eigenvalue weighted by Crippen LogP contribution is 2.56. The molecular formula is C11H17O2P. The molecule has 0 spiro atoms. The Labute approximate surface area is 85.4 Å². The number of hydrogen-bond donors (Lipinski definition) is 1. The lowest BCUT2D eigenvalue weighted by atomic mass is 10.1. The van der Waals surface area contributed by atoms with E-state index in [1.54, 1.807) is 6.92 Å². The Hall–Kier alpha value is -0.590. The Bertz CT molecular complexity index is 321. The molecule has 0 saturated carbocycles. The first-order valence-corrected chi connectivity index (χ1v) is 6.89. The van der Waals surface area contributed by atoms with Crippen molar-refractivity contribution in [3.8, 4) is 0 Å². The van der Waals surface area contributed by atoms with Crippen molar-refractivity contribution in [2.24, 2.45) is 0 Å². The summed E-state index contributed by atoms with van der Waals surface area (Å²) in [5, 5.41) is 0. The summed E-state index contributed by atoms with van der Waals surface area (Å²) in [5.41, 5.74) is 0.774. The van der Waals surface area contributed by atoms with Crippen molar-refractivity contribution >= 4 is 7.37 Å². The van der Waals surface area contributed by atoms with Gasteiger partial charge in [-0.25, -0.2) is 0 Å². The number of rotatable bonds is 4. The first-order chi connectivity index (χ1) is 6.61. The van der Waals surface area contributed by atoms with Gasteiger partial charge in [-0.15, -0.1) is 0 Å². The van der Waals surface area contributed by atoms with Crippen molar-refractivity contribution in [1.82, 2.24) is 0 Å². The molecule has 3 heteroatoms. The van der Waals surface area contributed by atoms with E-state index in [-0.39, 0.29) is 5.66 Å². The van der Waals surface area contributed by atoms with E-state index in [9.17, 15) is 9.46 Å². The van der Waals surface area contributed by atoms with Gasteiger partial charge >= 0.3 is 0 Å². The van der Waals surface area contributed by atoms with Crippen LogP contribution in [0.2, 0.25) is 0 Å². The lowest BCUT2D eigenvalue weighted by Crippen LogP contribution is -2.00. The minimum atomic E-state index is -3.01. The lowest BCUT2D eigenvalue weighted by Gasteiger charge is -2.20. The highest BCUT2D eigenvalue weighted by Gasteiger charge is 2.28. The second-order valence-corrected chi connectivity index (χ2v) is 6.17. The van der Waals surface area contributed by atoms with E-state index in [0.717, 1.165) is 5.56 Å². The van der Waals surface area contributed by atoms with Crippen molar-refractivity contribution in [1.29, 1.82) is 0 Å².